The van der Waals surface area contributed by atoms with Gasteiger partial charge in [0.1, 0.15) is 16.6 Å². The fourth-order valence-electron chi connectivity index (χ4n) is 3.81. The molecule has 17 heteroatoms. The van der Waals surface area contributed by atoms with Crippen molar-refractivity contribution in [2.24, 2.45) is 5.92 Å². The zero-order valence-corrected chi connectivity index (χ0v) is 25.1. The van der Waals surface area contributed by atoms with E-state index in [1.54, 1.807) is 0 Å². The molecular weight excluding hydrogens is 630 g/mol. The number of hydrogen-bond donors (Lipinski definition) is 3. The monoisotopic (exact) mass is 655 g/mol. The van der Waals surface area contributed by atoms with Crippen molar-refractivity contribution in [1.82, 2.24) is 19.9 Å². The van der Waals surface area contributed by atoms with Crippen LogP contribution in [0.25, 0.3) is 10.4 Å². The lowest BCUT2D eigenvalue weighted by Gasteiger charge is -2.29. The topological polar surface area (TPSA) is 152 Å². The molecule has 3 N–H and O–H groups in total. The molecule has 1 saturated heterocycles. The summed E-state index contributed by atoms with van der Waals surface area (Å²) in [5, 5.41) is 20.6. The average Bonchev–Trinajstić information content (AvgIpc) is 3.32. The number of piperidine rings is 1. The lowest BCUT2D eigenvalue weighted by Crippen LogP contribution is -2.43. The minimum atomic E-state index is -4.86. The quantitative estimate of drug-likeness (QED) is 0.385. The number of aromatic nitrogens is 1. The molecule has 1 aliphatic heterocycles. The first-order valence-corrected chi connectivity index (χ1v) is 15.2. The molecule has 0 bridgehead atoms. The van der Waals surface area contributed by atoms with E-state index in [1.165, 1.54) is 23.5 Å². The van der Waals surface area contributed by atoms with E-state index in [2.05, 4.69) is 16.4 Å². The number of carbonyl (C=O) groups excluding carboxylic acids is 2. The highest BCUT2D eigenvalue weighted by Gasteiger charge is 2.40. The van der Waals surface area contributed by atoms with Crippen LogP contribution in [0.3, 0.4) is 0 Å². The van der Waals surface area contributed by atoms with Gasteiger partial charge in [0.2, 0.25) is 10.0 Å². The van der Waals surface area contributed by atoms with Crippen molar-refractivity contribution in [2.45, 2.75) is 56.3 Å². The first-order valence-electron chi connectivity index (χ1n) is 12.1. The number of carbonyl (C=O) groups is 2. The minimum Gasteiger partial charge on any atom is -0.389 e. The molecule has 0 aliphatic carbocycles. The van der Waals surface area contributed by atoms with Gasteiger partial charge in [0.25, 0.3) is 11.8 Å². The zero-order chi connectivity index (χ0) is 30.9. The van der Waals surface area contributed by atoms with Crippen molar-refractivity contribution in [2.75, 3.05) is 19.6 Å². The zero-order valence-electron chi connectivity index (χ0n) is 22.0. The van der Waals surface area contributed by atoms with Crippen LogP contribution < -0.4 is 10.0 Å². The molecule has 2 aromatic rings. The largest absolute Gasteiger partial charge is 0.404 e. The van der Waals surface area contributed by atoms with Gasteiger partial charge in [0.15, 0.2) is 5.01 Å². The highest BCUT2D eigenvalue weighted by atomic mass is 35.5. The van der Waals surface area contributed by atoms with Gasteiger partial charge >= 0.3 is 6.18 Å². The van der Waals surface area contributed by atoms with Gasteiger partial charge in [0.05, 0.1) is 32.5 Å². The first kappa shape index (κ1) is 33.0. The summed E-state index contributed by atoms with van der Waals surface area (Å²) in [6, 6.07) is 1.80. The van der Waals surface area contributed by atoms with Crippen LogP contribution in [0.4, 0.5) is 13.2 Å². The van der Waals surface area contributed by atoms with Crippen LogP contribution in [0.2, 0.25) is 10.0 Å². The number of likely N-dealkylation sites (tertiary alicyclic amines) is 1. The Kier molecular flexibility index (Phi) is 9.99. The number of nitriles is 1. The van der Waals surface area contributed by atoms with E-state index < -0.39 is 60.5 Å². The predicted molar refractivity (Wildman–Crippen MR) is 146 cm³/mol. The molecule has 1 aromatic carbocycles. The van der Waals surface area contributed by atoms with Crippen molar-refractivity contribution in [3.05, 3.63) is 32.9 Å². The predicted octanol–water partition coefficient (Wildman–Crippen LogP) is 4.22. The van der Waals surface area contributed by atoms with Gasteiger partial charge in [-0.25, -0.2) is 13.4 Å². The van der Waals surface area contributed by atoms with Gasteiger partial charge in [-0.3, -0.25) is 9.59 Å². The lowest BCUT2D eigenvalue weighted by atomic mass is 9.99. The second-order valence-electron chi connectivity index (χ2n) is 10.0. The molecule has 1 aromatic heterocycles. The number of hydrogen-bond acceptors (Lipinski definition) is 8. The van der Waals surface area contributed by atoms with Gasteiger partial charge in [-0.2, -0.15) is 23.2 Å². The fraction of sp³-hybridized carbons (Fsp3) is 0.500. The molecule has 2 atom stereocenters. The molecule has 41 heavy (non-hydrogen) atoms. The highest BCUT2D eigenvalue weighted by Crippen LogP contribution is 2.42. The molecule has 224 valence electrons. The number of nitrogens with zero attached hydrogens (tertiary/aromatic N) is 3. The van der Waals surface area contributed by atoms with Gasteiger partial charge in [-0.15, -0.1) is 11.3 Å². The fourth-order valence-corrected chi connectivity index (χ4v) is 6.97. The Hall–Kier alpha value is -2.48. The first-order chi connectivity index (χ1) is 18.9. The van der Waals surface area contributed by atoms with Crippen molar-refractivity contribution in [3.63, 3.8) is 0 Å². The maximum Gasteiger partial charge on any atom is 0.404 e. The molecule has 0 saturated carbocycles. The summed E-state index contributed by atoms with van der Waals surface area (Å²) in [4.78, 5) is 31.3. The SMILES string of the molecule is C[C@H](NS(=O)(=O)c1ccc(-c2sc(C(=O)NCC(C)(C)O)nc2C(=O)N2CCCC(C#N)C2)c(Cl)c1Cl)C(F)(F)F. The van der Waals surface area contributed by atoms with Crippen LogP contribution in [-0.2, 0) is 10.0 Å². The van der Waals surface area contributed by atoms with Crippen LogP contribution in [0.15, 0.2) is 17.0 Å². The number of benzene rings is 1. The smallest absolute Gasteiger partial charge is 0.389 e. The van der Waals surface area contributed by atoms with E-state index in [0.29, 0.717) is 26.3 Å². The maximum absolute atomic E-state index is 13.5. The third kappa shape index (κ3) is 7.88. The normalized spacial score (nSPS) is 17.2. The third-order valence-electron chi connectivity index (χ3n) is 6.00. The Morgan fingerprint density at radius 1 is 1.29 bits per heavy atom. The maximum atomic E-state index is 13.5. The summed E-state index contributed by atoms with van der Waals surface area (Å²) in [6.07, 6.45) is -3.69. The third-order valence-corrected chi connectivity index (χ3v) is 9.67. The number of thiazole rings is 1. The average molecular weight is 657 g/mol. The van der Waals surface area contributed by atoms with Crippen LogP contribution in [0.1, 0.15) is 53.9 Å². The van der Waals surface area contributed by atoms with E-state index in [-0.39, 0.29) is 34.2 Å². The molecule has 1 unspecified atom stereocenters. The van der Waals surface area contributed by atoms with Crippen molar-refractivity contribution >= 4 is 56.4 Å². The Bertz CT molecular complexity index is 1490. The van der Waals surface area contributed by atoms with Gasteiger partial charge < -0.3 is 15.3 Å². The van der Waals surface area contributed by atoms with Gasteiger partial charge in [0, 0.05) is 25.2 Å². The Morgan fingerprint density at radius 2 is 1.95 bits per heavy atom. The van der Waals surface area contributed by atoms with Crippen molar-refractivity contribution < 1.29 is 36.3 Å². The summed E-state index contributed by atoms with van der Waals surface area (Å²) < 4.78 is 65.8. The number of alkyl halides is 3. The van der Waals surface area contributed by atoms with E-state index >= 15 is 0 Å². The Morgan fingerprint density at radius 3 is 2.54 bits per heavy atom. The van der Waals surface area contributed by atoms with Crippen LogP contribution in [0, 0.1) is 17.2 Å². The highest BCUT2D eigenvalue weighted by molar-refractivity contribution is 7.89. The molecule has 1 aliphatic rings. The molecule has 2 amide bonds. The van der Waals surface area contributed by atoms with Crippen LogP contribution >= 0.6 is 34.5 Å². The van der Waals surface area contributed by atoms with Crippen LogP contribution in [0.5, 0.6) is 0 Å². The minimum absolute atomic E-state index is 0.00992. The van der Waals surface area contributed by atoms with E-state index in [0.717, 1.165) is 23.5 Å². The Balaban J connectivity index is 2.08. The summed E-state index contributed by atoms with van der Waals surface area (Å²) in [5.41, 5.74) is -1.44. The molecule has 1 fully saturated rings. The standard InChI is InChI=1S/C24H26Cl2F3N5O5S2/c1-12(24(27,28)29)33-41(38,39)15-7-6-14(16(25)17(15)26)19-18(22(36)34-8-4-5-13(9-30)10-34)32-21(40-19)20(35)31-11-23(2,3)37/h6-7,12-13,33,37H,4-5,8,10-11H2,1-3H3,(H,31,35)/t12-,13?/m0/s1. The van der Waals surface area contributed by atoms with Crippen molar-refractivity contribution in [1.29, 1.82) is 5.26 Å². The number of halogens is 5. The van der Waals surface area contributed by atoms with E-state index in [4.69, 9.17) is 23.2 Å². The van der Waals surface area contributed by atoms with Crippen LogP contribution in [-0.4, -0.2) is 72.7 Å². The summed E-state index contributed by atoms with van der Waals surface area (Å²) in [5.74, 6) is -1.72. The van der Waals surface area contributed by atoms with E-state index in [1.807, 2.05) is 0 Å². The molecule has 3 rings (SSSR count). The molecule has 10 nitrogen and oxygen atoms in total. The number of rotatable bonds is 8. The lowest BCUT2D eigenvalue weighted by molar-refractivity contribution is -0.147. The second kappa shape index (κ2) is 12.4. The number of nitrogens with one attached hydrogen (secondary N) is 2. The van der Waals surface area contributed by atoms with Gasteiger partial charge in [-0.1, -0.05) is 29.3 Å². The second-order valence-corrected chi connectivity index (χ2v) is 13.5. The summed E-state index contributed by atoms with van der Waals surface area (Å²) >= 11 is 13.4. The molecule has 0 spiro atoms. The number of amides is 2. The van der Waals surface area contributed by atoms with Crippen molar-refractivity contribution in [3.8, 4) is 16.5 Å². The van der Waals surface area contributed by atoms with Gasteiger partial charge in [-0.05, 0) is 39.7 Å². The summed E-state index contributed by atoms with van der Waals surface area (Å²) in [6.45, 7) is 3.88. The molecular formula is C24H26Cl2F3N5O5S2. The summed E-state index contributed by atoms with van der Waals surface area (Å²) in [7, 11) is -4.77. The molecule has 2 heterocycles. The van der Waals surface area contributed by atoms with E-state index in [9.17, 15) is 41.5 Å². The molecule has 0 radical (unpaired) electrons. The number of aliphatic hydroxyl groups is 1. The number of sulfonamides is 1. The Labute approximate surface area is 248 Å².